The summed E-state index contributed by atoms with van der Waals surface area (Å²) in [7, 11) is 1.89. The van der Waals surface area contributed by atoms with Gasteiger partial charge < -0.3 is 14.2 Å². The summed E-state index contributed by atoms with van der Waals surface area (Å²) in [6.07, 6.45) is 1.86. The van der Waals surface area contributed by atoms with E-state index in [1.165, 1.54) is 0 Å². The van der Waals surface area contributed by atoms with E-state index in [1.807, 2.05) is 65.2 Å². The van der Waals surface area contributed by atoms with Gasteiger partial charge >= 0.3 is 0 Å². The van der Waals surface area contributed by atoms with E-state index in [0.29, 0.717) is 19.7 Å². The molecule has 1 saturated heterocycles. The number of hydrogen-bond donors (Lipinski definition) is 0. The molecule has 4 nitrogen and oxygen atoms in total. The molecule has 3 rings (SSSR count). The smallest absolute Gasteiger partial charge is 0.270 e. The fraction of sp³-hybridized carbons (Fsp3) is 0.312. The number of morpholine rings is 1. The van der Waals surface area contributed by atoms with Crippen LogP contribution in [0.15, 0.2) is 48.7 Å². The molecule has 1 aliphatic heterocycles. The topological polar surface area (TPSA) is 34.5 Å². The highest BCUT2D eigenvalue weighted by molar-refractivity contribution is 5.92. The van der Waals surface area contributed by atoms with Crippen molar-refractivity contribution in [3.8, 4) is 0 Å². The minimum Gasteiger partial charge on any atom is -0.370 e. The Morgan fingerprint density at radius 1 is 1.20 bits per heavy atom. The van der Waals surface area contributed by atoms with Crippen molar-refractivity contribution in [1.29, 1.82) is 0 Å². The molecule has 1 aliphatic rings. The number of hydrogen-bond acceptors (Lipinski definition) is 2. The molecule has 2 aromatic rings. The van der Waals surface area contributed by atoms with Crippen LogP contribution in [0.1, 0.15) is 22.2 Å². The van der Waals surface area contributed by atoms with Gasteiger partial charge in [-0.25, -0.2) is 0 Å². The lowest BCUT2D eigenvalue weighted by molar-refractivity contribution is -0.0231. The van der Waals surface area contributed by atoms with E-state index in [0.717, 1.165) is 11.3 Å². The SMILES string of the molecule is Cn1cccc1C(=O)N1CCOC(c2ccccc2)C1. The van der Waals surface area contributed by atoms with E-state index < -0.39 is 0 Å². The molecule has 2 heterocycles. The molecule has 0 N–H and O–H groups in total. The van der Waals surface area contributed by atoms with Gasteiger partial charge in [0, 0.05) is 19.8 Å². The highest BCUT2D eigenvalue weighted by atomic mass is 16.5. The van der Waals surface area contributed by atoms with E-state index in [4.69, 9.17) is 4.74 Å². The molecular weight excluding hydrogens is 252 g/mol. The summed E-state index contributed by atoms with van der Waals surface area (Å²) in [6.45, 7) is 1.83. The Morgan fingerprint density at radius 3 is 2.70 bits per heavy atom. The second-order valence-electron chi connectivity index (χ2n) is 5.03. The van der Waals surface area contributed by atoms with Gasteiger partial charge in [0.15, 0.2) is 0 Å². The Morgan fingerprint density at radius 2 is 2.00 bits per heavy atom. The first-order valence-electron chi connectivity index (χ1n) is 6.83. The monoisotopic (exact) mass is 270 g/mol. The van der Waals surface area contributed by atoms with Crippen LogP contribution in [0.4, 0.5) is 0 Å². The second kappa shape index (κ2) is 5.51. The summed E-state index contributed by atoms with van der Waals surface area (Å²) < 4.78 is 7.65. The van der Waals surface area contributed by atoms with Crippen molar-refractivity contribution in [2.24, 2.45) is 7.05 Å². The molecule has 4 heteroatoms. The predicted molar refractivity (Wildman–Crippen MR) is 76.5 cm³/mol. The maximum Gasteiger partial charge on any atom is 0.270 e. The van der Waals surface area contributed by atoms with Crippen molar-refractivity contribution in [3.05, 3.63) is 59.9 Å². The quantitative estimate of drug-likeness (QED) is 0.838. The van der Waals surface area contributed by atoms with Gasteiger partial charge in [-0.05, 0) is 17.7 Å². The van der Waals surface area contributed by atoms with Crippen molar-refractivity contribution in [2.45, 2.75) is 6.10 Å². The van der Waals surface area contributed by atoms with Crippen LogP contribution in [0, 0.1) is 0 Å². The molecule has 1 amide bonds. The lowest BCUT2D eigenvalue weighted by atomic mass is 10.1. The Hall–Kier alpha value is -2.07. The fourth-order valence-electron chi connectivity index (χ4n) is 2.55. The molecule has 104 valence electrons. The first kappa shape index (κ1) is 12.9. The zero-order valence-corrected chi connectivity index (χ0v) is 11.5. The molecular formula is C16H18N2O2. The molecule has 1 atom stereocenters. The maximum absolute atomic E-state index is 12.5. The number of aryl methyl sites for hydroxylation is 1. The normalized spacial score (nSPS) is 19.1. The van der Waals surface area contributed by atoms with E-state index in [1.54, 1.807) is 0 Å². The Bertz CT molecular complexity index is 592. The highest BCUT2D eigenvalue weighted by Crippen LogP contribution is 2.23. The van der Waals surface area contributed by atoms with Crippen molar-refractivity contribution in [3.63, 3.8) is 0 Å². The zero-order chi connectivity index (χ0) is 13.9. The van der Waals surface area contributed by atoms with Crippen molar-refractivity contribution >= 4 is 5.91 Å². The minimum atomic E-state index is -0.0332. The van der Waals surface area contributed by atoms with Gasteiger partial charge in [0.25, 0.3) is 5.91 Å². The van der Waals surface area contributed by atoms with E-state index >= 15 is 0 Å². The van der Waals surface area contributed by atoms with Gasteiger partial charge in [-0.15, -0.1) is 0 Å². The highest BCUT2D eigenvalue weighted by Gasteiger charge is 2.26. The largest absolute Gasteiger partial charge is 0.370 e. The molecule has 20 heavy (non-hydrogen) atoms. The molecule has 0 saturated carbocycles. The Kier molecular flexibility index (Phi) is 3.56. The minimum absolute atomic E-state index is 0.0332. The molecule has 0 bridgehead atoms. The third-order valence-electron chi connectivity index (χ3n) is 3.69. The Labute approximate surface area is 118 Å². The molecule has 0 spiro atoms. The average Bonchev–Trinajstić information content (AvgIpc) is 2.94. The average molecular weight is 270 g/mol. The van der Waals surface area contributed by atoms with Crippen LogP contribution in [0.25, 0.3) is 0 Å². The second-order valence-corrected chi connectivity index (χ2v) is 5.03. The van der Waals surface area contributed by atoms with Crippen LogP contribution in [0.2, 0.25) is 0 Å². The number of aromatic nitrogens is 1. The number of benzene rings is 1. The molecule has 1 aromatic heterocycles. The summed E-state index contributed by atoms with van der Waals surface area (Å²) >= 11 is 0. The van der Waals surface area contributed by atoms with E-state index in [2.05, 4.69) is 0 Å². The molecule has 0 aliphatic carbocycles. The van der Waals surface area contributed by atoms with E-state index in [9.17, 15) is 4.79 Å². The number of nitrogens with zero attached hydrogens (tertiary/aromatic N) is 2. The summed E-state index contributed by atoms with van der Waals surface area (Å²) in [5.41, 5.74) is 1.84. The molecule has 1 fully saturated rings. The molecule has 1 unspecified atom stereocenters. The lowest BCUT2D eigenvalue weighted by Gasteiger charge is -2.33. The van der Waals surface area contributed by atoms with Gasteiger partial charge in [-0.2, -0.15) is 0 Å². The summed E-state index contributed by atoms with van der Waals surface area (Å²) in [5, 5.41) is 0. The number of ether oxygens (including phenoxy) is 1. The van der Waals surface area contributed by atoms with Crippen LogP contribution < -0.4 is 0 Å². The molecule has 0 radical (unpaired) electrons. The van der Waals surface area contributed by atoms with Crippen LogP contribution in [-0.4, -0.2) is 35.1 Å². The predicted octanol–water partition coefficient (Wildman–Crippen LogP) is 2.24. The van der Waals surface area contributed by atoms with Gasteiger partial charge in [0.2, 0.25) is 0 Å². The van der Waals surface area contributed by atoms with Crippen LogP contribution in [0.5, 0.6) is 0 Å². The summed E-state index contributed by atoms with van der Waals surface area (Å²) in [4.78, 5) is 14.4. The van der Waals surface area contributed by atoms with Crippen molar-refractivity contribution in [2.75, 3.05) is 19.7 Å². The van der Waals surface area contributed by atoms with Crippen LogP contribution >= 0.6 is 0 Å². The van der Waals surface area contributed by atoms with Crippen LogP contribution in [-0.2, 0) is 11.8 Å². The lowest BCUT2D eigenvalue weighted by Crippen LogP contribution is -2.42. The standard InChI is InChI=1S/C16H18N2O2/c1-17-9-5-8-14(17)16(19)18-10-11-20-15(12-18)13-6-3-2-4-7-13/h2-9,15H,10-12H2,1H3. The third-order valence-corrected chi connectivity index (χ3v) is 3.69. The first-order valence-corrected chi connectivity index (χ1v) is 6.83. The van der Waals surface area contributed by atoms with Gasteiger partial charge in [0.05, 0.1) is 13.2 Å². The Balaban J connectivity index is 1.76. The molecule has 1 aromatic carbocycles. The third kappa shape index (κ3) is 2.47. The number of amides is 1. The van der Waals surface area contributed by atoms with E-state index in [-0.39, 0.29) is 12.0 Å². The number of rotatable bonds is 2. The summed E-state index contributed by atoms with van der Waals surface area (Å²) in [6, 6.07) is 13.8. The summed E-state index contributed by atoms with van der Waals surface area (Å²) in [5.74, 6) is 0.0710. The fourth-order valence-corrected chi connectivity index (χ4v) is 2.55. The van der Waals surface area contributed by atoms with Crippen molar-refractivity contribution in [1.82, 2.24) is 9.47 Å². The van der Waals surface area contributed by atoms with Gasteiger partial charge in [-0.1, -0.05) is 30.3 Å². The van der Waals surface area contributed by atoms with Gasteiger partial charge in [-0.3, -0.25) is 4.79 Å². The maximum atomic E-state index is 12.5. The van der Waals surface area contributed by atoms with Crippen LogP contribution in [0.3, 0.4) is 0 Å². The zero-order valence-electron chi connectivity index (χ0n) is 11.5. The number of carbonyl (C=O) groups is 1. The number of carbonyl (C=O) groups excluding carboxylic acids is 1. The van der Waals surface area contributed by atoms with Gasteiger partial charge in [0.1, 0.15) is 11.8 Å². The first-order chi connectivity index (χ1) is 9.75. The van der Waals surface area contributed by atoms with Crippen molar-refractivity contribution < 1.29 is 9.53 Å².